The van der Waals surface area contributed by atoms with Gasteiger partial charge in [-0.2, -0.15) is 0 Å². The number of benzene rings is 3. The zero-order chi connectivity index (χ0) is 31.3. The number of alkyl carbamates (subject to hydrolysis) is 1. The minimum Gasteiger partial charge on any atom is -0.508 e. The highest BCUT2D eigenvalue weighted by atomic mass is 16.6. The maximum atomic E-state index is 14.6. The van der Waals surface area contributed by atoms with Gasteiger partial charge in [-0.15, -0.1) is 0 Å². The van der Waals surface area contributed by atoms with E-state index in [1.54, 1.807) is 69.2 Å². The quantitative estimate of drug-likeness (QED) is 0.275. The molecule has 2 unspecified atom stereocenters. The van der Waals surface area contributed by atoms with Gasteiger partial charge in [0.1, 0.15) is 29.2 Å². The van der Waals surface area contributed by atoms with Crippen molar-refractivity contribution >= 4 is 23.6 Å². The third kappa shape index (κ3) is 8.28. The molecule has 228 valence electrons. The topological polar surface area (TPSA) is 117 Å². The van der Waals surface area contributed by atoms with Crippen LogP contribution >= 0.6 is 0 Å². The minimum atomic E-state index is -1.03. The number of phenolic OH excluding ortho intramolecular Hbond substituents is 1. The highest BCUT2D eigenvalue weighted by Crippen LogP contribution is 2.38. The molecule has 3 amide bonds. The van der Waals surface area contributed by atoms with Gasteiger partial charge >= 0.3 is 6.09 Å². The van der Waals surface area contributed by atoms with Crippen LogP contribution in [0.15, 0.2) is 66.7 Å². The fourth-order valence-electron chi connectivity index (χ4n) is 5.11. The number of hydrogen-bond acceptors (Lipinski definition) is 6. The zero-order valence-corrected chi connectivity index (χ0v) is 25.6. The lowest BCUT2D eigenvalue weighted by Crippen LogP contribution is -2.54. The molecule has 0 radical (unpaired) electrons. The van der Waals surface area contributed by atoms with E-state index in [-0.39, 0.29) is 30.0 Å². The number of aromatic hydroxyl groups is 1. The van der Waals surface area contributed by atoms with Crippen molar-refractivity contribution in [2.75, 3.05) is 12.4 Å². The number of amides is 3. The summed E-state index contributed by atoms with van der Waals surface area (Å²) in [5.74, 6) is 0.00318. The van der Waals surface area contributed by atoms with Gasteiger partial charge in [0.15, 0.2) is 0 Å². The van der Waals surface area contributed by atoms with E-state index in [2.05, 4.69) is 10.6 Å². The van der Waals surface area contributed by atoms with Gasteiger partial charge < -0.3 is 30.1 Å². The summed E-state index contributed by atoms with van der Waals surface area (Å²) in [6.07, 6.45) is 0.885. The first kappa shape index (κ1) is 31.4. The SMILES string of the molecule is COc1ccc(NC(=O)C(c2c(C)cccc2C)N(C(=O)C(Cc2ccc(O)cc2)NC(=O)OC(C)(C)C)C2CC2)cc1. The molecule has 0 aliphatic heterocycles. The number of methoxy groups -OCH3 is 1. The largest absolute Gasteiger partial charge is 0.508 e. The first-order chi connectivity index (χ1) is 20.4. The van der Waals surface area contributed by atoms with Crippen LogP contribution in [-0.4, -0.2) is 52.7 Å². The molecule has 0 heterocycles. The molecule has 4 rings (SSSR count). The van der Waals surface area contributed by atoms with Crippen LogP contribution in [0.25, 0.3) is 0 Å². The second-order valence-corrected chi connectivity index (χ2v) is 12.0. The van der Waals surface area contributed by atoms with E-state index >= 15 is 0 Å². The molecule has 3 N–H and O–H groups in total. The summed E-state index contributed by atoms with van der Waals surface area (Å²) in [5, 5.41) is 15.6. The van der Waals surface area contributed by atoms with Crippen LogP contribution < -0.4 is 15.4 Å². The molecule has 1 aliphatic carbocycles. The average Bonchev–Trinajstić information content (AvgIpc) is 3.77. The minimum absolute atomic E-state index is 0.0941. The lowest BCUT2D eigenvalue weighted by Gasteiger charge is -2.36. The van der Waals surface area contributed by atoms with Crippen LogP contribution in [0, 0.1) is 13.8 Å². The van der Waals surface area contributed by atoms with Gasteiger partial charge in [-0.3, -0.25) is 9.59 Å². The summed E-state index contributed by atoms with van der Waals surface area (Å²) in [6.45, 7) is 9.11. The number of carbonyl (C=O) groups excluding carboxylic acids is 3. The van der Waals surface area contributed by atoms with E-state index in [4.69, 9.17) is 9.47 Å². The smallest absolute Gasteiger partial charge is 0.408 e. The molecule has 0 aromatic heterocycles. The molecule has 1 saturated carbocycles. The number of carbonyl (C=O) groups is 3. The molecule has 0 spiro atoms. The van der Waals surface area contributed by atoms with Gasteiger partial charge in [-0.25, -0.2) is 4.79 Å². The van der Waals surface area contributed by atoms with Crippen LogP contribution in [0.2, 0.25) is 0 Å². The number of phenols is 1. The Morgan fingerprint density at radius 1 is 0.953 bits per heavy atom. The van der Waals surface area contributed by atoms with E-state index in [0.717, 1.165) is 35.1 Å². The molecule has 9 heteroatoms. The Balaban J connectivity index is 1.75. The zero-order valence-electron chi connectivity index (χ0n) is 25.6. The fourth-order valence-corrected chi connectivity index (χ4v) is 5.11. The molecule has 3 aromatic carbocycles. The Morgan fingerprint density at radius 2 is 1.56 bits per heavy atom. The van der Waals surface area contributed by atoms with Crippen molar-refractivity contribution in [2.24, 2.45) is 0 Å². The molecule has 9 nitrogen and oxygen atoms in total. The number of anilines is 1. The van der Waals surface area contributed by atoms with Crippen molar-refractivity contribution < 1.29 is 29.0 Å². The van der Waals surface area contributed by atoms with Gasteiger partial charge in [0, 0.05) is 18.2 Å². The third-order valence-corrected chi connectivity index (χ3v) is 7.26. The highest BCUT2D eigenvalue weighted by Gasteiger charge is 2.45. The number of hydrogen-bond donors (Lipinski definition) is 3. The second kappa shape index (κ2) is 13.2. The number of rotatable bonds is 10. The summed E-state index contributed by atoms with van der Waals surface area (Å²) >= 11 is 0. The van der Waals surface area contributed by atoms with Crippen molar-refractivity contribution in [1.29, 1.82) is 0 Å². The number of nitrogens with zero attached hydrogens (tertiary/aromatic N) is 1. The van der Waals surface area contributed by atoms with Crippen molar-refractivity contribution in [1.82, 2.24) is 10.2 Å². The summed E-state index contributed by atoms with van der Waals surface area (Å²) in [7, 11) is 1.57. The van der Waals surface area contributed by atoms with Gasteiger partial charge in [0.2, 0.25) is 5.91 Å². The Hall–Kier alpha value is -4.53. The molecular formula is C34H41N3O6. The molecule has 1 fully saturated rings. The molecule has 43 heavy (non-hydrogen) atoms. The molecular weight excluding hydrogens is 546 g/mol. The van der Waals surface area contributed by atoms with Gasteiger partial charge in [0.05, 0.1) is 7.11 Å². The Morgan fingerprint density at radius 3 is 2.09 bits per heavy atom. The first-order valence-corrected chi connectivity index (χ1v) is 14.5. The summed E-state index contributed by atoms with van der Waals surface area (Å²) < 4.78 is 10.8. The average molecular weight is 588 g/mol. The third-order valence-electron chi connectivity index (χ3n) is 7.26. The summed E-state index contributed by atoms with van der Waals surface area (Å²) in [5.41, 5.74) is 3.03. The van der Waals surface area contributed by atoms with Crippen molar-refractivity contribution in [2.45, 2.75) is 77.6 Å². The van der Waals surface area contributed by atoms with Crippen molar-refractivity contribution in [3.05, 3.63) is 89.0 Å². The molecule has 2 atom stereocenters. The van der Waals surface area contributed by atoms with E-state index in [1.165, 1.54) is 12.1 Å². The number of aryl methyl sites for hydroxylation is 2. The van der Waals surface area contributed by atoms with Gasteiger partial charge in [0.25, 0.3) is 5.91 Å². The summed E-state index contributed by atoms with van der Waals surface area (Å²) in [4.78, 5) is 43.4. The Labute approximate surface area is 253 Å². The second-order valence-electron chi connectivity index (χ2n) is 12.0. The van der Waals surface area contributed by atoms with E-state index in [1.807, 2.05) is 32.0 Å². The lowest BCUT2D eigenvalue weighted by molar-refractivity contribution is -0.141. The van der Waals surface area contributed by atoms with Crippen molar-refractivity contribution in [3.63, 3.8) is 0 Å². The highest BCUT2D eigenvalue weighted by molar-refractivity contribution is 5.99. The van der Waals surface area contributed by atoms with E-state index in [0.29, 0.717) is 11.4 Å². The predicted molar refractivity (Wildman–Crippen MR) is 165 cm³/mol. The van der Waals surface area contributed by atoms with Crippen LogP contribution in [0.3, 0.4) is 0 Å². The molecule has 0 saturated heterocycles. The van der Waals surface area contributed by atoms with Gasteiger partial charge in [-0.1, -0.05) is 30.3 Å². The fraction of sp³-hybridized carbons (Fsp3) is 0.382. The molecule has 3 aromatic rings. The lowest BCUT2D eigenvalue weighted by atomic mass is 9.93. The van der Waals surface area contributed by atoms with Gasteiger partial charge in [-0.05, 0) is 106 Å². The number of nitrogens with one attached hydrogen (secondary N) is 2. The van der Waals surface area contributed by atoms with Crippen LogP contribution in [0.1, 0.15) is 61.9 Å². The van der Waals surface area contributed by atoms with E-state index < -0.39 is 23.8 Å². The maximum Gasteiger partial charge on any atom is 0.408 e. The standard InChI is InChI=1S/C34H41N3O6/c1-21-8-7-9-22(2)29(21)30(31(39)35-24-12-18-27(42-6)19-13-24)37(25-14-15-25)32(40)28(36-33(41)43-34(3,4)5)20-23-10-16-26(38)17-11-23/h7-13,16-19,25,28,30,38H,14-15,20H2,1-6H3,(H,35,39)(H,36,41). The maximum absolute atomic E-state index is 14.6. The van der Waals surface area contributed by atoms with Crippen LogP contribution in [0.4, 0.5) is 10.5 Å². The normalized spacial score (nSPS) is 14.3. The van der Waals surface area contributed by atoms with Crippen LogP contribution in [0.5, 0.6) is 11.5 Å². The predicted octanol–water partition coefficient (Wildman–Crippen LogP) is 5.82. The summed E-state index contributed by atoms with van der Waals surface area (Å²) in [6, 6.07) is 17.1. The first-order valence-electron chi connectivity index (χ1n) is 14.5. The number of ether oxygens (including phenoxy) is 2. The monoisotopic (exact) mass is 587 g/mol. The van der Waals surface area contributed by atoms with Crippen molar-refractivity contribution in [3.8, 4) is 11.5 Å². The Bertz CT molecular complexity index is 1420. The Kier molecular flexibility index (Phi) is 9.63. The molecule has 1 aliphatic rings. The van der Waals surface area contributed by atoms with Crippen LogP contribution in [-0.2, 0) is 20.7 Å². The van der Waals surface area contributed by atoms with E-state index in [9.17, 15) is 19.5 Å². The molecule has 0 bridgehead atoms.